The van der Waals surface area contributed by atoms with Crippen molar-refractivity contribution >= 4 is 28.4 Å². The number of aromatic nitrogens is 2. The fourth-order valence-corrected chi connectivity index (χ4v) is 4.31. The highest BCUT2D eigenvalue weighted by Crippen LogP contribution is 2.28. The van der Waals surface area contributed by atoms with E-state index in [0.29, 0.717) is 48.4 Å². The lowest BCUT2D eigenvalue weighted by Gasteiger charge is -2.32. The van der Waals surface area contributed by atoms with Gasteiger partial charge in [-0.2, -0.15) is 0 Å². The van der Waals surface area contributed by atoms with E-state index in [9.17, 15) is 9.59 Å². The zero-order valence-electron chi connectivity index (χ0n) is 20.1. The number of unbranched alkanes of at least 4 members (excludes halogenated alkanes) is 1. The Hall–Kier alpha value is -2.66. The zero-order valence-corrected chi connectivity index (χ0v) is 20.9. The number of hydrogen-bond donors (Lipinski definition) is 0. The molecule has 176 valence electrons. The van der Waals surface area contributed by atoms with E-state index in [1.165, 1.54) is 0 Å². The molecule has 3 aromatic rings. The molecule has 1 unspecified atom stereocenters. The van der Waals surface area contributed by atoms with Gasteiger partial charge in [-0.3, -0.25) is 14.2 Å². The van der Waals surface area contributed by atoms with Crippen LogP contribution in [0.25, 0.3) is 16.6 Å². The number of carbonyl (C=O) groups is 1. The molecule has 0 aliphatic rings. The van der Waals surface area contributed by atoms with Crippen LogP contribution in [0.4, 0.5) is 0 Å². The summed E-state index contributed by atoms with van der Waals surface area (Å²) < 4.78 is 1.71. The van der Waals surface area contributed by atoms with Crippen molar-refractivity contribution in [1.29, 1.82) is 0 Å². The molecule has 0 bridgehead atoms. The summed E-state index contributed by atoms with van der Waals surface area (Å²) in [6, 6.07) is 13.1. The molecule has 1 amide bonds. The molecule has 0 N–H and O–H groups in total. The van der Waals surface area contributed by atoms with Gasteiger partial charge in [-0.05, 0) is 68.5 Å². The minimum absolute atomic E-state index is 0.0602. The van der Waals surface area contributed by atoms with Crippen molar-refractivity contribution in [3.05, 3.63) is 69.8 Å². The van der Waals surface area contributed by atoms with Gasteiger partial charge in [0.2, 0.25) is 5.91 Å². The highest BCUT2D eigenvalue weighted by atomic mass is 35.5. The van der Waals surface area contributed by atoms with E-state index in [1.54, 1.807) is 4.57 Å². The quantitative estimate of drug-likeness (QED) is 0.338. The second kappa shape index (κ2) is 11.5. The van der Waals surface area contributed by atoms with Crippen LogP contribution in [0.15, 0.2) is 47.3 Å². The van der Waals surface area contributed by atoms with Gasteiger partial charge >= 0.3 is 0 Å². The van der Waals surface area contributed by atoms with Crippen molar-refractivity contribution in [2.45, 2.75) is 65.8 Å². The Bertz CT molecular complexity index is 1170. The number of aryl methyl sites for hydroxylation is 2. The highest BCUT2D eigenvalue weighted by molar-refractivity contribution is 6.17. The van der Waals surface area contributed by atoms with E-state index in [-0.39, 0.29) is 17.5 Å². The molecule has 1 aromatic heterocycles. The summed E-state index contributed by atoms with van der Waals surface area (Å²) in [5.74, 6) is 1.12. The molecule has 1 heterocycles. The Kier molecular flexibility index (Phi) is 8.67. The van der Waals surface area contributed by atoms with E-state index in [2.05, 4.69) is 13.8 Å². The van der Waals surface area contributed by atoms with Crippen molar-refractivity contribution in [3.8, 4) is 5.69 Å². The Labute approximate surface area is 201 Å². The number of amides is 1. The smallest absolute Gasteiger partial charge is 0.266 e. The lowest BCUT2D eigenvalue weighted by atomic mass is 10.1. The third kappa shape index (κ3) is 5.47. The van der Waals surface area contributed by atoms with Gasteiger partial charge in [0.15, 0.2) is 0 Å². The fourth-order valence-electron chi connectivity index (χ4n) is 4.17. The number of carbonyl (C=O) groups excluding carboxylic acids is 1. The van der Waals surface area contributed by atoms with Gasteiger partial charge in [0, 0.05) is 18.8 Å². The van der Waals surface area contributed by atoms with Gasteiger partial charge in [-0.15, -0.1) is 11.6 Å². The second-order valence-electron chi connectivity index (χ2n) is 8.55. The highest BCUT2D eigenvalue weighted by Gasteiger charge is 2.28. The zero-order chi connectivity index (χ0) is 24.0. The van der Waals surface area contributed by atoms with Crippen LogP contribution in [0.1, 0.15) is 68.9 Å². The molecule has 2 aromatic carbocycles. The summed E-state index contributed by atoms with van der Waals surface area (Å²) in [5.41, 5.74) is 3.58. The van der Waals surface area contributed by atoms with Gasteiger partial charge in [0.05, 0.1) is 22.6 Å². The van der Waals surface area contributed by atoms with E-state index < -0.39 is 0 Å². The molecule has 0 spiro atoms. The molecule has 33 heavy (non-hydrogen) atoms. The van der Waals surface area contributed by atoms with E-state index in [4.69, 9.17) is 16.6 Å². The average molecular weight is 468 g/mol. The second-order valence-corrected chi connectivity index (χ2v) is 8.93. The van der Waals surface area contributed by atoms with Gasteiger partial charge in [-0.1, -0.05) is 38.5 Å². The van der Waals surface area contributed by atoms with E-state index in [1.807, 2.05) is 61.2 Å². The van der Waals surface area contributed by atoms with Gasteiger partial charge in [-0.25, -0.2) is 4.98 Å². The average Bonchev–Trinajstić information content (AvgIpc) is 2.82. The first-order chi connectivity index (χ1) is 15.9. The van der Waals surface area contributed by atoms with Crippen LogP contribution in [-0.4, -0.2) is 32.8 Å². The standard InChI is InChI=1S/C27H34ClN3O2/c1-5-7-17-30(25(32)13-10-16-28)24(6-2)26-29-23-12-9-8-11-22(23)27(33)31(26)21-15-14-19(3)20(4)18-21/h8-9,11-12,14-15,18,24H,5-7,10,13,16-17H2,1-4H3. The van der Waals surface area contributed by atoms with Crippen molar-refractivity contribution in [1.82, 2.24) is 14.5 Å². The Balaban J connectivity index is 2.25. The SMILES string of the molecule is CCCCN(C(=O)CCCCl)C(CC)c1nc2ccccc2c(=O)n1-c1ccc(C)c(C)c1. The minimum Gasteiger partial charge on any atom is -0.333 e. The molecule has 0 saturated heterocycles. The van der Waals surface area contributed by atoms with Crippen molar-refractivity contribution in [2.24, 2.45) is 0 Å². The topological polar surface area (TPSA) is 55.2 Å². The maximum absolute atomic E-state index is 13.7. The molecule has 0 fully saturated rings. The van der Waals surface area contributed by atoms with E-state index >= 15 is 0 Å². The number of hydrogen-bond acceptors (Lipinski definition) is 3. The summed E-state index contributed by atoms with van der Waals surface area (Å²) in [4.78, 5) is 33.9. The third-order valence-corrected chi connectivity index (χ3v) is 6.48. The molecule has 5 nitrogen and oxygen atoms in total. The maximum atomic E-state index is 13.7. The molecule has 1 atom stereocenters. The van der Waals surface area contributed by atoms with E-state index in [0.717, 1.165) is 29.7 Å². The Morgan fingerprint density at radius 2 is 1.85 bits per heavy atom. The molecule has 3 rings (SSSR count). The first-order valence-corrected chi connectivity index (χ1v) is 12.4. The maximum Gasteiger partial charge on any atom is 0.266 e. The van der Waals surface area contributed by atoms with Crippen LogP contribution < -0.4 is 5.56 Å². The number of nitrogens with zero attached hydrogens (tertiary/aromatic N) is 3. The summed E-state index contributed by atoms with van der Waals surface area (Å²) >= 11 is 5.88. The number of para-hydroxylation sites is 1. The van der Waals surface area contributed by atoms with Gasteiger partial charge in [0.25, 0.3) is 5.56 Å². The minimum atomic E-state index is -0.307. The van der Waals surface area contributed by atoms with Crippen LogP contribution in [0.3, 0.4) is 0 Å². The number of alkyl halides is 1. The molecule has 0 saturated carbocycles. The first-order valence-electron chi connectivity index (χ1n) is 11.9. The van der Waals surface area contributed by atoms with Crippen molar-refractivity contribution in [3.63, 3.8) is 0 Å². The van der Waals surface area contributed by atoms with Crippen molar-refractivity contribution < 1.29 is 4.79 Å². The largest absolute Gasteiger partial charge is 0.333 e. The summed E-state index contributed by atoms with van der Waals surface area (Å²) in [6.07, 6.45) is 3.56. The molecular weight excluding hydrogens is 434 g/mol. The van der Waals surface area contributed by atoms with Crippen LogP contribution in [0.5, 0.6) is 0 Å². The summed E-state index contributed by atoms with van der Waals surface area (Å²) in [6.45, 7) is 8.88. The van der Waals surface area contributed by atoms with Crippen LogP contribution in [-0.2, 0) is 4.79 Å². The molecule has 0 aliphatic heterocycles. The van der Waals surface area contributed by atoms with Crippen LogP contribution in [0.2, 0.25) is 0 Å². The Morgan fingerprint density at radius 3 is 2.52 bits per heavy atom. The lowest BCUT2D eigenvalue weighted by molar-refractivity contribution is -0.134. The predicted octanol–water partition coefficient (Wildman–Crippen LogP) is 6.10. The fraction of sp³-hybridized carbons (Fsp3) is 0.444. The summed E-state index contributed by atoms with van der Waals surface area (Å²) in [7, 11) is 0. The van der Waals surface area contributed by atoms with Gasteiger partial charge in [0.1, 0.15) is 5.82 Å². The normalized spacial score (nSPS) is 12.2. The molecule has 6 heteroatoms. The molecule has 0 radical (unpaired) electrons. The number of benzene rings is 2. The first kappa shape index (κ1) is 25.0. The monoisotopic (exact) mass is 467 g/mol. The van der Waals surface area contributed by atoms with Gasteiger partial charge < -0.3 is 4.90 Å². The third-order valence-electron chi connectivity index (χ3n) is 6.21. The predicted molar refractivity (Wildman–Crippen MR) is 136 cm³/mol. The van der Waals surface area contributed by atoms with Crippen LogP contribution >= 0.6 is 11.6 Å². The summed E-state index contributed by atoms with van der Waals surface area (Å²) in [5, 5.41) is 0.572. The number of halogens is 1. The lowest BCUT2D eigenvalue weighted by Crippen LogP contribution is -2.39. The molecular formula is C27H34ClN3O2. The molecule has 0 aliphatic carbocycles. The van der Waals surface area contributed by atoms with Crippen molar-refractivity contribution in [2.75, 3.05) is 12.4 Å². The number of fused-ring (bicyclic) bond motifs is 1. The number of rotatable bonds is 10. The Morgan fingerprint density at radius 1 is 1.09 bits per heavy atom. The van der Waals surface area contributed by atoms with Crippen LogP contribution in [0, 0.1) is 13.8 Å².